The van der Waals surface area contributed by atoms with E-state index in [-0.39, 0.29) is 0 Å². The van der Waals surface area contributed by atoms with E-state index in [9.17, 15) is 0 Å². The Morgan fingerprint density at radius 1 is 0.278 bits per heavy atom. The molecule has 7 aromatic rings. The molecular formula is C52H48N2. The van der Waals surface area contributed by atoms with Crippen molar-refractivity contribution in [3.8, 4) is 0 Å². The molecular weight excluding hydrogens is 653 g/mol. The minimum atomic E-state index is 1.14. The smallest absolute Gasteiger partial charge is 0.0467 e. The zero-order valence-corrected chi connectivity index (χ0v) is 32.2. The van der Waals surface area contributed by atoms with Crippen LogP contribution in [0.25, 0.3) is 24.3 Å². The number of hydrogen-bond donors (Lipinski definition) is 0. The molecule has 0 radical (unpaired) electrons. The topological polar surface area (TPSA) is 6.48 Å². The van der Waals surface area contributed by atoms with E-state index in [4.69, 9.17) is 0 Å². The number of hydrogen-bond acceptors (Lipinski definition) is 2. The highest BCUT2D eigenvalue weighted by Crippen LogP contribution is 2.38. The van der Waals surface area contributed by atoms with Crippen LogP contribution in [0.2, 0.25) is 0 Å². The first-order valence-corrected chi connectivity index (χ1v) is 18.8. The molecule has 0 amide bonds. The second-order valence-corrected chi connectivity index (χ2v) is 14.3. The largest absolute Gasteiger partial charge is 0.310 e. The van der Waals surface area contributed by atoms with Gasteiger partial charge in [0.15, 0.2) is 0 Å². The lowest BCUT2D eigenvalue weighted by Gasteiger charge is -2.27. The first-order chi connectivity index (χ1) is 26.2. The van der Waals surface area contributed by atoms with Crippen LogP contribution in [-0.2, 0) is 0 Å². The molecule has 0 atom stereocenters. The second-order valence-electron chi connectivity index (χ2n) is 14.3. The molecule has 0 fully saturated rings. The fraction of sp³-hybridized carbons (Fsp3) is 0.115. The van der Waals surface area contributed by atoms with Gasteiger partial charge in [-0.15, -0.1) is 0 Å². The van der Waals surface area contributed by atoms with Gasteiger partial charge in [-0.3, -0.25) is 0 Å². The van der Waals surface area contributed by atoms with Crippen LogP contribution in [-0.4, -0.2) is 0 Å². The Morgan fingerprint density at radius 3 is 0.796 bits per heavy atom. The first-order valence-electron chi connectivity index (χ1n) is 18.8. The molecule has 2 nitrogen and oxygen atoms in total. The number of nitrogens with zero attached hydrogens (tertiary/aromatic N) is 2. The molecule has 0 N–H and O–H groups in total. The van der Waals surface area contributed by atoms with Crippen LogP contribution >= 0.6 is 0 Å². The van der Waals surface area contributed by atoms with E-state index < -0.39 is 0 Å². The van der Waals surface area contributed by atoms with Crippen LogP contribution in [0.3, 0.4) is 0 Å². The van der Waals surface area contributed by atoms with Crippen LogP contribution in [0.15, 0.2) is 158 Å². The summed E-state index contributed by atoms with van der Waals surface area (Å²) in [6.07, 6.45) is 8.72. The maximum Gasteiger partial charge on any atom is 0.0467 e. The molecule has 2 heteroatoms. The van der Waals surface area contributed by atoms with Gasteiger partial charge in [-0.1, -0.05) is 109 Å². The SMILES string of the molecule is Cc1cc(N(c2ccccc2)c2ccc(C=Cc3ccc(C=Cc4ccc(N(c5ccccc5)c5cc(C)c(C)c(C)c5)cc4)cc3)cc2)cc(C)c1C. The highest BCUT2D eigenvalue weighted by atomic mass is 15.1. The highest BCUT2D eigenvalue weighted by molar-refractivity contribution is 5.81. The van der Waals surface area contributed by atoms with E-state index in [1.54, 1.807) is 0 Å². The maximum atomic E-state index is 2.33. The Kier molecular flexibility index (Phi) is 10.7. The minimum absolute atomic E-state index is 1.14. The van der Waals surface area contributed by atoms with Gasteiger partial charge in [-0.2, -0.15) is 0 Å². The summed E-state index contributed by atoms with van der Waals surface area (Å²) in [6, 6.07) is 56.7. The summed E-state index contributed by atoms with van der Waals surface area (Å²) in [5.41, 5.74) is 19.5. The monoisotopic (exact) mass is 700 g/mol. The quantitative estimate of drug-likeness (QED) is 0.131. The van der Waals surface area contributed by atoms with Gasteiger partial charge in [-0.05, 0) is 170 Å². The summed E-state index contributed by atoms with van der Waals surface area (Å²) >= 11 is 0. The van der Waals surface area contributed by atoms with Gasteiger partial charge >= 0.3 is 0 Å². The summed E-state index contributed by atoms with van der Waals surface area (Å²) in [4.78, 5) is 4.67. The van der Waals surface area contributed by atoms with E-state index in [1.807, 2.05) is 0 Å². The molecule has 0 aliphatic heterocycles. The average molecular weight is 701 g/mol. The molecule has 0 unspecified atom stereocenters. The summed E-state index contributed by atoms with van der Waals surface area (Å²) in [5, 5.41) is 0. The van der Waals surface area contributed by atoms with Gasteiger partial charge in [-0.25, -0.2) is 0 Å². The molecule has 7 rings (SSSR count). The lowest BCUT2D eigenvalue weighted by atomic mass is 10.0. The van der Waals surface area contributed by atoms with Crippen LogP contribution in [0.4, 0.5) is 34.1 Å². The van der Waals surface area contributed by atoms with Gasteiger partial charge in [0.1, 0.15) is 0 Å². The van der Waals surface area contributed by atoms with E-state index in [2.05, 4.69) is 233 Å². The van der Waals surface area contributed by atoms with Crippen molar-refractivity contribution in [1.29, 1.82) is 0 Å². The molecule has 0 aliphatic rings. The number of para-hydroxylation sites is 2. The van der Waals surface area contributed by atoms with E-state index in [0.29, 0.717) is 0 Å². The zero-order chi connectivity index (χ0) is 37.6. The van der Waals surface area contributed by atoms with Crippen LogP contribution in [0.1, 0.15) is 55.6 Å². The van der Waals surface area contributed by atoms with Crippen molar-refractivity contribution >= 4 is 58.4 Å². The van der Waals surface area contributed by atoms with Gasteiger partial charge in [0, 0.05) is 34.1 Å². The van der Waals surface area contributed by atoms with Gasteiger partial charge < -0.3 is 9.80 Å². The Hall–Kier alpha value is -6.38. The molecule has 0 bridgehead atoms. The summed E-state index contributed by atoms with van der Waals surface area (Å²) in [6.45, 7) is 13.2. The van der Waals surface area contributed by atoms with Gasteiger partial charge in [0.2, 0.25) is 0 Å². The van der Waals surface area contributed by atoms with Crippen LogP contribution in [0.5, 0.6) is 0 Å². The third-order valence-electron chi connectivity index (χ3n) is 10.5. The Labute approximate surface area is 322 Å². The van der Waals surface area contributed by atoms with Crippen molar-refractivity contribution in [3.05, 3.63) is 213 Å². The molecule has 0 aromatic heterocycles. The third kappa shape index (κ3) is 8.14. The number of rotatable bonds is 10. The number of anilines is 6. The summed E-state index contributed by atoms with van der Waals surface area (Å²) in [7, 11) is 0. The van der Waals surface area contributed by atoms with Crippen LogP contribution < -0.4 is 9.80 Å². The normalized spacial score (nSPS) is 11.4. The molecule has 0 spiro atoms. The Morgan fingerprint density at radius 2 is 0.519 bits per heavy atom. The van der Waals surface area contributed by atoms with Crippen molar-refractivity contribution in [3.63, 3.8) is 0 Å². The van der Waals surface area contributed by atoms with Crippen molar-refractivity contribution in [1.82, 2.24) is 0 Å². The van der Waals surface area contributed by atoms with Crippen LogP contribution in [0, 0.1) is 41.5 Å². The first kappa shape index (κ1) is 36.0. The molecule has 0 aliphatic carbocycles. The molecule has 266 valence electrons. The van der Waals surface area contributed by atoms with E-state index >= 15 is 0 Å². The lowest BCUT2D eigenvalue weighted by Crippen LogP contribution is -2.10. The minimum Gasteiger partial charge on any atom is -0.310 e. The fourth-order valence-electron chi connectivity index (χ4n) is 6.90. The Balaban J connectivity index is 1.04. The standard InChI is InChI=1S/C52H48N2/c1-37-33-51(34-38(2)41(37)5)53(47-13-9-7-10-14-47)49-29-25-45(26-30-49)23-21-43-17-19-44(20-18-43)22-24-46-27-31-50(32-28-46)54(48-15-11-8-12-16-48)52-35-39(3)42(6)40(4)36-52/h7-36H,1-6H3. The van der Waals surface area contributed by atoms with Gasteiger partial charge in [0.05, 0.1) is 0 Å². The summed E-state index contributed by atoms with van der Waals surface area (Å²) < 4.78 is 0. The van der Waals surface area contributed by atoms with Gasteiger partial charge in [0.25, 0.3) is 0 Å². The highest BCUT2D eigenvalue weighted by Gasteiger charge is 2.15. The number of benzene rings is 7. The maximum absolute atomic E-state index is 2.33. The lowest BCUT2D eigenvalue weighted by molar-refractivity contribution is 1.21. The number of aryl methyl sites for hydroxylation is 4. The second kappa shape index (κ2) is 16.1. The van der Waals surface area contributed by atoms with Crippen molar-refractivity contribution in [2.75, 3.05) is 9.80 Å². The zero-order valence-electron chi connectivity index (χ0n) is 32.2. The molecule has 54 heavy (non-hydrogen) atoms. The van der Waals surface area contributed by atoms with E-state index in [1.165, 1.54) is 55.9 Å². The third-order valence-corrected chi connectivity index (χ3v) is 10.5. The molecule has 0 saturated carbocycles. The predicted octanol–water partition coefficient (Wildman–Crippen LogP) is 14.8. The van der Waals surface area contributed by atoms with Crippen molar-refractivity contribution < 1.29 is 0 Å². The molecule has 0 saturated heterocycles. The molecule has 0 heterocycles. The average Bonchev–Trinajstić information content (AvgIpc) is 3.20. The summed E-state index contributed by atoms with van der Waals surface area (Å²) in [5.74, 6) is 0. The Bertz CT molecular complexity index is 2180. The van der Waals surface area contributed by atoms with Crippen molar-refractivity contribution in [2.45, 2.75) is 41.5 Å². The predicted molar refractivity (Wildman–Crippen MR) is 235 cm³/mol. The van der Waals surface area contributed by atoms with Crippen molar-refractivity contribution in [2.24, 2.45) is 0 Å². The van der Waals surface area contributed by atoms with E-state index in [0.717, 1.165) is 33.9 Å². The fourth-order valence-corrected chi connectivity index (χ4v) is 6.90. The molecule has 7 aromatic carbocycles.